The van der Waals surface area contributed by atoms with Gasteiger partial charge in [0.2, 0.25) is 0 Å². The monoisotopic (exact) mass is 219 g/mol. The van der Waals surface area contributed by atoms with E-state index in [1.54, 1.807) is 0 Å². The number of carbonyl (C=O) groups is 1. The second-order valence-electron chi connectivity index (χ2n) is 4.28. The fraction of sp³-hybridized carbons (Fsp3) is 0.417. The van der Waals surface area contributed by atoms with Gasteiger partial charge in [0.05, 0.1) is 0 Å². The number of nitrogens with one attached hydrogen (secondary N) is 1. The van der Waals surface area contributed by atoms with Crippen LogP contribution in [0.2, 0.25) is 0 Å². The maximum Gasteiger partial charge on any atom is 0.316 e. The van der Waals surface area contributed by atoms with Crippen LogP contribution in [-0.4, -0.2) is 31.1 Å². The Morgan fingerprint density at radius 1 is 1.31 bits per heavy atom. The molecule has 3 N–H and O–H groups in total. The lowest BCUT2D eigenvalue weighted by Gasteiger charge is -2.10. The summed E-state index contributed by atoms with van der Waals surface area (Å²) in [7, 11) is 2.13. The van der Waals surface area contributed by atoms with Gasteiger partial charge in [-0.1, -0.05) is 6.07 Å². The summed E-state index contributed by atoms with van der Waals surface area (Å²) in [4.78, 5) is 13.1. The summed E-state index contributed by atoms with van der Waals surface area (Å²) in [5, 5.41) is 2.61. The largest absolute Gasteiger partial charge is 0.351 e. The van der Waals surface area contributed by atoms with Crippen LogP contribution in [-0.2, 0) is 12.8 Å². The van der Waals surface area contributed by atoms with Crippen molar-refractivity contribution in [1.82, 2.24) is 4.90 Å². The number of amides is 2. The third kappa shape index (κ3) is 2.52. The molecule has 1 aliphatic rings. The quantitative estimate of drug-likeness (QED) is 0.745. The standard InChI is InChI=1S/C12H17N3O/c1-15-6-4-9-2-3-11(14-12(13)16)8-10(9)5-7-15/h2-3,8H,4-7H2,1H3,(H3,13,14,16). The summed E-state index contributed by atoms with van der Waals surface area (Å²) in [6, 6.07) is 5.51. The normalized spacial score (nSPS) is 16.3. The van der Waals surface area contributed by atoms with Crippen LogP contribution in [0.3, 0.4) is 0 Å². The molecule has 0 aromatic heterocycles. The Labute approximate surface area is 95.4 Å². The third-order valence-corrected chi connectivity index (χ3v) is 3.00. The number of rotatable bonds is 1. The first kappa shape index (κ1) is 11.0. The maximum atomic E-state index is 10.8. The lowest BCUT2D eigenvalue weighted by Crippen LogP contribution is -2.20. The number of urea groups is 1. The number of primary amides is 1. The minimum absolute atomic E-state index is 0.509. The molecule has 0 spiro atoms. The van der Waals surface area contributed by atoms with Gasteiger partial charge in [0.25, 0.3) is 0 Å². The molecule has 4 heteroatoms. The molecule has 0 atom stereocenters. The van der Waals surface area contributed by atoms with E-state index < -0.39 is 6.03 Å². The molecule has 0 unspecified atom stereocenters. The van der Waals surface area contributed by atoms with Gasteiger partial charge in [0.15, 0.2) is 0 Å². The summed E-state index contributed by atoms with van der Waals surface area (Å²) >= 11 is 0. The summed E-state index contributed by atoms with van der Waals surface area (Å²) in [5.41, 5.74) is 8.57. The number of anilines is 1. The van der Waals surface area contributed by atoms with E-state index in [1.165, 1.54) is 11.1 Å². The van der Waals surface area contributed by atoms with Crippen molar-refractivity contribution in [2.75, 3.05) is 25.5 Å². The predicted octanol–water partition coefficient (Wildman–Crippen LogP) is 1.21. The average Bonchev–Trinajstić information content (AvgIpc) is 2.40. The van der Waals surface area contributed by atoms with Crippen molar-refractivity contribution in [3.05, 3.63) is 29.3 Å². The predicted molar refractivity (Wildman–Crippen MR) is 64.6 cm³/mol. The summed E-state index contributed by atoms with van der Waals surface area (Å²) in [6.45, 7) is 2.16. The lowest BCUT2D eigenvalue weighted by molar-refractivity contribution is 0.259. The van der Waals surface area contributed by atoms with E-state index in [2.05, 4.69) is 23.3 Å². The Balaban J connectivity index is 2.21. The van der Waals surface area contributed by atoms with Crippen LogP contribution < -0.4 is 11.1 Å². The minimum atomic E-state index is -0.509. The zero-order chi connectivity index (χ0) is 11.5. The molecule has 0 saturated carbocycles. The van der Waals surface area contributed by atoms with Gasteiger partial charge in [-0.25, -0.2) is 4.79 Å². The molecule has 0 bridgehead atoms. The smallest absolute Gasteiger partial charge is 0.316 e. The molecule has 1 aromatic rings. The topological polar surface area (TPSA) is 58.4 Å². The summed E-state index contributed by atoms with van der Waals surface area (Å²) in [5.74, 6) is 0. The van der Waals surface area contributed by atoms with E-state index in [4.69, 9.17) is 5.73 Å². The first-order valence-corrected chi connectivity index (χ1v) is 5.52. The highest BCUT2D eigenvalue weighted by molar-refractivity contribution is 5.87. The molecule has 16 heavy (non-hydrogen) atoms. The van der Waals surface area contributed by atoms with Crippen molar-refractivity contribution < 1.29 is 4.79 Å². The van der Waals surface area contributed by atoms with Gasteiger partial charge in [-0.05, 0) is 43.1 Å². The number of hydrogen-bond donors (Lipinski definition) is 2. The van der Waals surface area contributed by atoms with Crippen LogP contribution >= 0.6 is 0 Å². The van der Waals surface area contributed by atoms with E-state index in [-0.39, 0.29) is 0 Å². The van der Waals surface area contributed by atoms with E-state index >= 15 is 0 Å². The van der Waals surface area contributed by atoms with Crippen molar-refractivity contribution in [2.24, 2.45) is 5.73 Å². The van der Waals surface area contributed by atoms with E-state index in [0.29, 0.717) is 0 Å². The van der Waals surface area contributed by atoms with Crippen LogP contribution in [0.25, 0.3) is 0 Å². The number of hydrogen-bond acceptors (Lipinski definition) is 2. The van der Waals surface area contributed by atoms with Crippen LogP contribution in [0, 0.1) is 0 Å². The van der Waals surface area contributed by atoms with Gasteiger partial charge in [0.1, 0.15) is 0 Å². The Bertz CT molecular complexity index is 403. The molecular weight excluding hydrogens is 202 g/mol. The second kappa shape index (κ2) is 4.53. The molecule has 0 fully saturated rings. The second-order valence-corrected chi connectivity index (χ2v) is 4.28. The van der Waals surface area contributed by atoms with Crippen molar-refractivity contribution in [3.8, 4) is 0 Å². The van der Waals surface area contributed by atoms with E-state index in [0.717, 1.165) is 31.6 Å². The third-order valence-electron chi connectivity index (χ3n) is 3.00. The zero-order valence-corrected chi connectivity index (χ0v) is 9.49. The molecule has 1 aliphatic heterocycles. The maximum absolute atomic E-state index is 10.8. The number of fused-ring (bicyclic) bond motifs is 1. The fourth-order valence-electron chi connectivity index (χ4n) is 2.06. The number of carbonyl (C=O) groups excluding carboxylic acids is 1. The number of likely N-dealkylation sites (N-methyl/N-ethyl adjacent to an activating group) is 1. The van der Waals surface area contributed by atoms with Crippen molar-refractivity contribution in [2.45, 2.75) is 12.8 Å². The Morgan fingerprint density at radius 3 is 2.69 bits per heavy atom. The van der Waals surface area contributed by atoms with Crippen molar-refractivity contribution in [3.63, 3.8) is 0 Å². The molecule has 86 valence electrons. The van der Waals surface area contributed by atoms with Gasteiger partial charge in [-0.2, -0.15) is 0 Å². The molecule has 1 heterocycles. The van der Waals surface area contributed by atoms with E-state index in [1.807, 2.05) is 12.1 Å². The highest BCUT2D eigenvalue weighted by Gasteiger charge is 2.11. The average molecular weight is 219 g/mol. The Hall–Kier alpha value is -1.55. The highest BCUT2D eigenvalue weighted by atomic mass is 16.2. The molecule has 0 aliphatic carbocycles. The first-order chi connectivity index (χ1) is 7.65. The molecule has 4 nitrogen and oxygen atoms in total. The molecule has 2 rings (SSSR count). The van der Waals surface area contributed by atoms with Crippen LogP contribution in [0.5, 0.6) is 0 Å². The Kier molecular flexibility index (Phi) is 3.10. The van der Waals surface area contributed by atoms with Gasteiger partial charge in [-0.3, -0.25) is 0 Å². The molecular formula is C12H17N3O. The van der Waals surface area contributed by atoms with Crippen LogP contribution in [0.15, 0.2) is 18.2 Å². The SMILES string of the molecule is CN1CCc2ccc(NC(N)=O)cc2CC1. The van der Waals surface area contributed by atoms with Gasteiger partial charge in [-0.15, -0.1) is 0 Å². The first-order valence-electron chi connectivity index (χ1n) is 5.52. The molecule has 0 saturated heterocycles. The molecule has 1 aromatic carbocycles. The van der Waals surface area contributed by atoms with Crippen LogP contribution in [0.1, 0.15) is 11.1 Å². The highest BCUT2D eigenvalue weighted by Crippen LogP contribution is 2.19. The van der Waals surface area contributed by atoms with Gasteiger partial charge in [0, 0.05) is 18.8 Å². The fourth-order valence-corrected chi connectivity index (χ4v) is 2.06. The number of nitrogens with zero attached hydrogens (tertiary/aromatic N) is 1. The summed E-state index contributed by atoms with van der Waals surface area (Å²) in [6.07, 6.45) is 2.10. The summed E-state index contributed by atoms with van der Waals surface area (Å²) < 4.78 is 0. The van der Waals surface area contributed by atoms with Crippen molar-refractivity contribution in [1.29, 1.82) is 0 Å². The van der Waals surface area contributed by atoms with Gasteiger partial charge >= 0.3 is 6.03 Å². The van der Waals surface area contributed by atoms with Crippen LogP contribution in [0.4, 0.5) is 10.5 Å². The lowest BCUT2D eigenvalue weighted by atomic mass is 10.0. The molecule has 0 radical (unpaired) electrons. The van der Waals surface area contributed by atoms with Gasteiger partial charge < -0.3 is 16.0 Å². The number of benzene rings is 1. The Morgan fingerprint density at radius 2 is 2.00 bits per heavy atom. The zero-order valence-electron chi connectivity index (χ0n) is 9.49. The number of nitrogens with two attached hydrogens (primary N) is 1. The molecule has 2 amide bonds. The minimum Gasteiger partial charge on any atom is -0.351 e. The van der Waals surface area contributed by atoms with Crippen molar-refractivity contribution >= 4 is 11.7 Å². The van der Waals surface area contributed by atoms with E-state index in [9.17, 15) is 4.79 Å².